The van der Waals surface area contributed by atoms with Crippen LogP contribution in [0.3, 0.4) is 0 Å². The van der Waals surface area contributed by atoms with Gasteiger partial charge in [-0.3, -0.25) is 0 Å². The van der Waals surface area contributed by atoms with Crippen molar-refractivity contribution in [1.29, 1.82) is 0 Å². The molecule has 2 rings (SSSR count). The van der Waals surface area contributed by atoms with Crippen molar-refractivity contribution in [1.82, 2.24) is 0 Å². The van der Waals surface area contributed by atoms with Crippen molar-refractivity contribution in [2.24, 2.45) is 11.8 Å². The van der Waals surface area contributed by atoms with Crippen molar-refractivity contribution in [3.8, 4) is 0 Å². The first-order chi connectivity index (χ1) is 8.16. The summed E-state index contributed by atoms with van der Waals surface area (Å²) in [5, 5.41) is 0. The summed E-state index contributed by atoms with van der Waals surface area (Å²) in [4.78, 5) is 0. The van der Waals surface area contributed by atoms with Crippen molar-refractivity contribution in [3.63, 3.8) is 0 Å². The molecule has 0 atom stereocenters. The van der Waals surface area contributed by atoms with Crippen LogP contribution in [0.1, 0.15) is 51.4 Å². The average Bonchev–Trinajstić information content (AvgIpc) is 2.97. The van der Waals surface area contributed by atoms with E-state index in [0.29, 0.717) is 11.8 Å². The van der Waals surface area contributed by atoms with E-state index in [9.17, 15) is 0 Å². The molecule has 2 saturated carbocycles. The van der Waals surface area contributed by atoms with Crippen molar-refractivity contribution in [2.75, 3.05) is 13.2 Å². The minimum atomic E-state index is -2.27. The predicted octanol–water partition coefficient (Wildman–Crippen LogP) is 4.55. The normalized spacial score (nSPS) is 23.6. The summed E-state index contributed by atoms with van der Waals surface area (Å²) in [6, 6.07) is 0. The molecule has 2 aliphatic rings. The van der Waals surface area contributed by atoms with Gasteiger partial charge in [0.25, 0.3) is 0 Å². The van der Waals surface area contributed by atoms with Crippen LogP contribution in [0.2, 0.25) is 0 Å². The Balaban J connectivity index is 1.64. The van der Waals surface area contributed by atoms with Gasteiger partial charge in [0.1, 0.15) is 0 Å². The summed E-state index contributed by atoms with van der Waals surface area (Å²) < 4.78 is 11.5. The molecule has 0 saturated heterocycles. The second-order valence-corrected chi connectivity index (χ2v) is 10.6. The Bertz CT molecular complexity index is 250. The first-order valence-corrected chi connectivity index (χ1v) is 10.6. The lowest BCUT2D eigenvalue weighted by Gasteiger charge is -2.20. The molecule has 0 aromatic heterocycles. The Kier molecular flexibility index (Phi) is 5.82. The lowest BCUT2D eigenvalue weighted by molar-refractivity contribution is 0.203. The quantitative estimate of drug-likeness (QED) is 0.572. The van der Waals surface area contributed by atoms with Crippen molar-refractivity contribution in [2.45, 2.75) is 51.4 Å². The van der Waals surface area contributed by atoms with E-state index in [-0.39, 0.29) is 0 Å². The molecule has 0 spiro atoms. The summed E-state index contributed by atoms with van der Waals surface area (Å²) in [5.41, 5.74) is -2.27. The van der Waals surface area contributed by atoms with E-state index >= 15 is 0 Å². The van der Waals surface area contributed by atoms with E-state index in [4.69, 9.17) is 20.9 Å². The molecular weight excluding hydrogens is 271 g/mol. The van der Waals surface area contributed by atoms with Crippen molar-refractivity contribution < 1.29 is 9.05 Å². The van der Waals surface area contributed by atoms with Gasteiger partial charge in [0.15, 0.2) is 0 Å². The molecule has 0 N–H and O–H groups in total. The van der Waals surface area contributed by atoms with Crippen LogP contribution >= 0.6 is 17.9 Å². The molecule has 2 nitrogen and oxygen atoms in total. The van der Waals surface area contributed by atoms with Gasteiger partial charge >= 0.3 is 0 Å². The monoisotopic (exact) mass is 294 g/mol. The topological polar surface area (TPSA) is 18.5 Å². The fraction of sp³-hybridized carbons (Fsp3) is 1.00. The van der Waals surface area contributed by atoms with Gasteiger partial charge in [-0.1, -0.05) is 37.9 Å². The molecule has 0 aromatic carbocycles. The summed E-state index contributed by atoms with van der Waals surface area (Å²) in [7, 11) is 0. The van der Waals surface area contributed by atoms with Gasteiger partial charge in [0.2, 0.25) is 5.69 Å². The number of thiol groups is 1. The molecular formula is C12H23O2PS2. The van der Waals surface area contributed by atoms with Crippen LogP contribution in [-0.2, 0) is 20.9 Å². The first-order valence-electron chi connectivity index (χ1n) is 6.77. The second-order valence-electron chi connectivity index (χ2n) is 5.36. The zero-order valence-electron chi connectivity index (χ0n) is 10.3. The fourth-order valence-electron chi connectivity index (χ4n) is 2.79. The molecule has 17 heavy (non-hydrogen) atoms. The van der Waals surface area contributed by atoms with Crippen LogP contribution in [0, 0.1) is 11.8 Å². The average molecular weight is 294 g/mol. The molecule has 0 radical (unpaired) electrons. The fourth-order valence-corrected chi connectivity index (χ4v) is 4.43. The first kappa shape index (κ1) is 14.3. The minimum absolute atomic E-state index is 0.694. The number of rotatable bonds is 6. The zero-order valence-corrected chi connectivity index (χ0v) is 13.0. The van der Waals surface area contributed by atoms with E-state index in [1.807, 2.05) is 0 Å². The highest BCUT2D eigenvalue weighted by atomic mass is 32.9. The molecule has 0 bridgehead atoms. The van der Waals surface area contributed by atoms with Crippen LogP contribution < -0.4 is 0 Å². The predicted molar refractivity (Wildman–Crippen MR) is 79.1 cm³/mol. The summed E-state index contributed by atoms with van der Waals surface area (Å²) in [6.45, 7) is 1.51. The maximum Gasteiger partial charge on any atom is 0.244 e. The van der Waals surface area contributed by atoms with Crippen molar-refractivity contribution >= 4 is 29.7 Å². The lowest BCUT2D eigenvalue weighted by Crippen LogP contribution is -2.07. The summed E-state index contributed by atoms with van der Waals surface area (Å²) in [6.07, 6.45) is 10.5. The highest BCUT2D eigenvalue weighted by molar-refractivity contribution is 8.60. The molecule has 2 aliphatic carbocycles. The molecule has 0 amide bonds. The van der Waals surface area contributed by atoms with Crippen LogP contribution in [0.25, 0.3) is 0 Å². The van der Waals surface area contributed by atoms with Gasteiger partial charge in [0, 0.05) is 0 Å². The third-order valence-electron chi connectivity index (χ3n) is 3.90. The van der Waals surface area contributed by atoms with Gasteiger partial charge in [0.05, 0.1) is 13.2 Å². The van der Waals surface area contributed by atoms with E-state index < -0.39 is 5.69 Å². The van der Waals surface area contributed by atoms with Crippen LogP contribution in [-0.4, -0.2) is 13.2 Å². The second kappa shape index (κ2) is 6.91. The van der Waals surface area contributed by atoms with Gasteiger partial charge in [-0.05, 0) is 49.3 Å². The Morgan fingerprint density at radius 1 is 0.882 bits per heavy atom. The molecule has 0 aromatic rings. The Labute approximate surface area is 115 Å². The lowest BCUT2D eigenvalue weighted by atomic mass is 10.1. The van der Waals surface area contributed by atoms with Crippen LogP contribution in [0.5, 0.6) is 0 Å². The number of hydrogen-bond donors (Lipinski definition) is 1. The van der Waals surface area contributed by atoms with Gasteiger partial charge < -0.3 is 9.05 Å². The Morgan fingerprint density at radius 3 is 1.59 bits per heavy atom. The van der Waals surface area contributed by atoms with E-state index in [0.717, 1.165) is 13.2 Å². The summed E-state index contributed by atoms with van der Waals surface area (Å²) >= 11 is 9.76. The van der Waals surface area contributed by atoms with Crippen LogP contribution in [0.15, 0.2) is 0 Å². The van der Waals surface area contributed by atoms with E-state index in [1.54, 1.807) is 0 Å². The Hall–Kier alpha value is 0.920. The molecule has 0 aliphatic heterocycles. The molecule has 5 heteroatoms. The van der Waals surface area contributed by atoms with E-state index in [1.165, 1.54) is 51.4 Å². The SMILES string of the molecule is S=P(S)(OCC1CCCC1)OCC1CCCC1. The maximum atomic E-state index is 5.74. The smallest absolute Gasteiger partial charge is 0.244 e. The van der Waals surface area contributed by atoms with Gasteiger partial charge in [-0.15, -0.1) is 0 Å². The highest BCUT2D eigenvalue weighted by Gasteiger charge is 2.22. The highest BCUT2D eigenvalue weighted by Crippen LogP contribution is 2.54. The minimum Gasteiger partial charge on any atom is -0.322 e. The van der Waals surface area contributed by atoms with Crippen molar-refractivity contribution in [3.05, 3.63) is 0 Å². The number of hydrogen-bond acceptors (Lipinski definition) is 3. The molecule has 0 heterocycles. The summed E-state index contributed by atoms with van der Waals surface area (Å²) in [5.74, 6) is 1.39. The third-order valence-corrected chi connectivity index (χ3v) is 6.17. The standard InChI is InChI=1S/C12H23O2PS2/c16-15(17,13-9-11-5-1-2-6-11)14-10-12-7-3-4-8-12/h11-12H,1-10H2,(H,16,17). The molecule has 100 valence electrons. The van der Waals surface area contributed by atoms with Gasteiger partial charge in [-0.25, -0.2) is 0 Å². The Morgan fingerprint density at radius 2 is 1.24 bits per heavy atom. The maximum absolute atomic E-state index is 5.74. The molecule has 2 fully saturated rings. The zero-order chi connectivity index (χ0) is 12.1. The third kappa shape index (κ3) is 5.20. The van der Waals surface area contributed by atoms with E-state index in [2.05, 4.69) is 12.2 Å². The van der Waals surface area contributed by atoms with Gasteiger partial charge in [-0.2, -0.15) is 0 Å². The molecule has 0 unspecified atom stereocenters. The van der Waals surface area contributed by atoms with Crippen LogP contribution in [0.4, 0.5) is 0 Å². The largest absolute Gasteiger partial charge is 0.322 e.